The van der Waals surface area contributed by atoms with E-state index in [2.05, 4.69) is 0 Å². The van der Waals surface area contributed by atoms with Crippen LogP contribution in [0.15, 0.2) is 78.4 Å². The maximum atomic E-state index is 14.8. The molecule has 4 rings (SSSR count). The fourth-order valence-electron chi connectivity index (χ4n) is 3.79. The van der Waals surface area contributed by atoms with Crippen molar-refractivity contribution in [2.24, 2.45) is 0 Å². The summed E-state index contributed by atoms with van der Waals surface area (Å²) in [6.07, 6.45) is -4.70. The average Bonchev–Trinajstić information content (AvgIpc) is 3.04. The van der Waals surface area contributed by atoms with Crippen molar-refractivity contribution in [1.29, 1.82) is 0 Å². The van der Waals surface area contributed by atoms with Gasteiger partial charge in [0.1, 0.15) is 11.6 Å². The Labute approximate surface area is 186 Å². The Morgan fingerprint density at radius 3 is 2.24 bits per heavy atom. The van der Waals surface area contributed by atoms with Gasteiger partial charge in [0.15, 0.2) is 0 Å². The Kier molecular flexibility index (Phi) is 5.53. The minimum absolute atomic E-state index is 0.136. The van der Waals surface area contributed by atoms with Crippen LogP contribution < -0.4 is 4.90 Å². The molecule has 1 N–H and O–H groups in total. The van der Waals surface area contributed by atoms with Crippen LogP contribution in [0.5, 0.6) is 0 Å². The topological polar surface area (TPSA) is 57.6 Å². The molecular weight excluding hydrogens is 438 g/mol. The van der Waals surface area contributed by atoms with Crippen LogP contribution in [-0.4, -0.2) is 16.8 Å². The molecule has 3 aromatic carbocycles. The zero-order chi connectivity index (χ0) is 23.9. The molecule has 3 aromatic rings. The van der Waals surface area contributed by atoms with Gasteiger partial charge < -0.3 is 5.11 Å². The number of alkyl halides is 3. The first-order valence-corrected chi connectivity index (χ1v) is 9.89. The van der Waals surface area contributed by atoms with E-state index in [1.54, 1.807) is 12.1 Å². The van der Waals surface area contributed by atoms with E-state index in [0.29, 0.717) is 6.07 Å². The average molecular weight is 455 g/mol. The molecule has 33 heavy (non-hydrogen) atoms. The second kappa shape index (κ2) is 8.20. The van der Waals surface area contributed by atoms with Crippen molar-refractivity contribution in [1.82, 2.24) is 0 Å². The standard InChI is InChI=1S/C25H17F4NO3/c1-14-9-11-15(12-10-14)22(31)20-21(18-7-2-3-8-19(18)26)30(24(33)23(20)32)17-6-4-5-16(13-17)25(27,28)29/h2-13,21,31H,1H3/b22-20+/t21-/m0/s1. The second-order valence-electron chi connectivity index (χ2n) is 7.60. The summed E-state index contributed by atoms with van der Waals surface area (Å²) in [5, 5.41) is 10.9. The number of rotatable bonds is 3. The Hall–Kier alpha value is -3.94. The number of nitrogens with zero attached hydrogens (tertiary/aromatic N) is 1. The quantitative estimate of drug-likeness (QED) is 0.236. The van der Waals surface area contributed by atoms with E-state index in [0.717, 1.165) is 28.7 Å². The number of aliphatic hydroxyl groups is 1. The van der Waals surface area contributed by atoms with Crippen LogP contribution in [0.1, 0.15) is 28.3 Å². The molecule has 0 radical (unpaired) electrons. The summed E-state index contributed by atoms with van der Waals surface area (Å²) >= 11 is 0. The number of hydrogen-bond donors (Lipinski definition) is 1. The summed E-state index contributed by atoms with van der Waals surface area (Å²) in [7, 11) is 0. The summed E-state index contributed by atoms with van der Waals surface area (Å²) in [6, 6.07) is 14.1. The molecule has 1 atom stereocenters. The maximum absolute atomic E-state index is 14.8. The molecule has 1 fully saturated rings. The number of anilines is 1. The van der Waals surface area contributed by atoms with Gasteiger partial charge in [0.05, 0.1) is 17.2 Å². The first-order valence-electron chi connectivity index (χ1n) is 9.89. The first kappa shape index (κ1) is 22.3. The largest absolute Gasteiger partial charge is 0.507 e. The van der Waals surface area contributed by atoms with Crippen LogP contribution in [0.3, 0.4) is 0 Å². The van der Waals surface area contributed by atoms with E-state index in [1.165, 1.54) is 36.4 Å². The van der Waals surface area contributed by atoms with Crippen LogP contribution in [0.4, 0.5) is 23.2 Å². The third-order valence-electron chi connectivity index (χ3n) is 5.42. The second-order valence-corrected chi connectivity index (χ2v) is 7.60. The highest BCUT2D eigenvalue weighted by Gasteiger charge is 2.48. The number of aliphatic hydroxyl groups excluding tert-OH is 1. The van der Waals surface area contributed by atoms with Crippen LogP contribution in [0.2, 0.25) is 0 Å². The maximum Gasteiger partial charge on any atom is 0.416 e. The molecule has 4 nitrogen and oxygen atoms in total. The molecule has 0 aliphatic carbocycles. The number of Topliss-reactive ketones (excluding diaryl/α,β-unsaturated/α-hetero) is 1. The predicted octanol–water partition coefficient (Wildman–Crippen LogP) is 5.78. The number of carbonyl (C=O) groups excluding carboxylic acids is 2. The summed E-state index contributed by atoms with van der Waals surface area (Å²) in [4.78, 5) is 26.8. The van der Waals surface area contributed by atoms with Crippen molar-refractivity contribution in [3.8, 4) is 0 Å². The van der Waals surface area contributed by atoms with Crippen LogP contribution in [-0.2, 0) is 15.8 Å². The molecule has 0 unspecified atom stereocenters. The Balaban J connectivity index is 1.97. The van der Waals surface area contributed by atoms with Gasteiger partial charge in [-0.3, -0.25) is 14.5 Å². The molecule has 1 aliphatic rings. The smallest absolute Gasteiger partial charge is 0.416 e. The van der Waals surface area contributed by atoms with Gasteiger partial charge in [-0.15, -0.1) is 0 Å². The lowest BCUT2D eigenvalue weighted by Gasteiger charge is -2.26. The Morgan fingerprint density at radius 2 is 1.61 bits per heavy atom. The Morgan fingerprint density at radius 1 is 0.939 bits per heavy atom. The molecule has 0 aromatic heterocycles. The lowest BCUT2D eigenvalue weighted by Crippen LogP contribution is -2.30. The highest BCUT2D eigenvalue weighted by molar-refractivity contribution is 6.51. The minimum atomic E-state index is -4.70. The number of halogens is 4. The number of amides is 1. The van der Waals surface area contributed by atoms with Crippen molar-refractivity contribution in [2.45, 2.75) is 19.1 Å². The number of ketones is 1. The molecule has 0 spiro atoms. The van der Waals surface area contributed by atoms with Gasteiger partial charge in [-0.05, 0) is 31.2 Å². The van der Waals surface area contributed by atoms with Crippen molar-refractivity contribution in [3.63, 3.8) is 0 Å². The number of carbonyl (C=O) groups is 2. The summed E-state index contributed by atoms with van der Waals surface area (Å²) in [5.74, 6) is -3.62. The van der Waals surface area contributed by atoms with E-state index in [-0.39, 0.29) is 16.8 Å². The van der Waals surface area contributed by atoms with E-state index in [9.17, 15) is 32.3 Å². The number of aryl methyl sites for hydroxylation is 1. The molecule has 1 saturated heterocycles. The van der Waals surface area contributed by atoms with E-state index in [4.69, 9.17) is 0 Å². The highest BCUT2D eigenvalue weighted by Crippen LogP contribution is 2.44. The predicted molar refractivity (Wildman–Crippen MR) is 114 cm³/mol. The van der Waals surface area contributed by atoms with Gasteiger partial charge in [0.25, 0.3) is 11.7 Å². The molecule has 1 heterocycles. The van der Waals surface area contributed by atoms with Crippen LogP contribution in [0.25, 0.3) is 5.76 Å². The molecule has 1 aliphatic heterocycles. The number of benzene rings is 3. The van der Waals surface area contributed by atoms with Crippen molar-refractivity contribution in [2.75, 3.05) is 4.90 Å². The lowest BCUT2D eigenvalue weighted by atomic mass is 9.94. The molecule has 8 heteroatoms. The summed E-state index contributed by atoms with van der Waals surface area (Å²) < 4.78 is 54.7. The van der Waals surface area contributed by atoms with E-state index < -0.39 is 46.6 Å². The third kappa shape index (κ3) is 4.00. The monoisotopic (exact) mass is 455 g/mol. The molecule has 0 saturated carbocycles. The highest BCUT2D eigenvalue weighted by atomic mass is 19.4. The zero-order valence-electron chi connectivity index (χ0n) is 17.2. The van der Waals surface area contributed by atoms with Crippen LogP contribution >= 0.6 is 0 Å². The minimum Gasteiger partial charge on any atom is -0.507 e. The van der Waals surface area contributed by atoms with E-state index >= 15 is 0 Å². The fourth-order valence-corrected chi connectivity index (χ4v) is 3.79. The Bertz CT molecular complexity index is 1280. The van der Waals surface area contributed by atoms with Gasteiger partial charge in [-0.2, -0.15) is 13.2 Å². The van der Waals surface area contributed by atoms with Gasteiger partial charge in [-0.1, -0.05) is 54.1 Å². The van der Waals surface area contributed by atoms with Crippen molar-refractivity contribution >= 4 is 23.1 Å². The number of hydrogen-bond acceptors (Lipinski definition) is 3. The van der Waals surface area contributed by atoms with Crippen molar-refractivity contribution in [3.05, 3.63) is 106 Å². The lowest BCUT2D eigenvalue weighted by molar-refractivity contribution is -0.137. The SMILES string of the molecule is Cc1ccc(/C(O)=C2\C(=O)C(=O)N(c3cccc(C(F)(F)F)c3)[C@H]2c2ccccc2F)cc1. The fraction of sp³-hybridized carbons (Fsp3) is 0.120. The molecular formula is C25H17F4NO3. The first-order chi connectivity index (χ1) is 15.6. The van der Waals surface area contributed by atoms with Crippen LogP contribution in [0, 0.1) is 12.7 Å². The van der Waals surface area contributed by atoms with E-state index in [1.807, 2.05) is 6.92 Å². The molecule has 0 bridgehead atoms. The van der Waals surface area contributed by atoms with Gasteiger partial charge in [0.2, 0.25) is 0 Å². The molecule has 168 valence electrons. The van der Waals surface area contributed by atoms with Gasteiger partial charge >= 0.3 is 6.18 Å². The summed E-state index contributed by atoms with van der Waals surface area (Å²) in [6.45, 7) is 1.82. The zero-order valence-corrected chi connectivity index (χ0v) is 17.2. The van der Waals surface area contributed by atoms with Crippen molar-refractivity contribution < 1.29 is 32.3 Å². The third-order valence-corrected chi connectivity index (χ3v) is 5.42. The van der Waals surface area contributed by atoms with Gasteiger partial charge in [-0.25, -0.2) is 4.39 Å². The summed E-state index contributed by atoms with van der Waals surface area (Å²) in [5.41, 5.74) is -0.740. The molecule has 1 amide bonds. The normalized spacial score (nSPS) is 18.1. The van der Waals surface area contributed by atoms with Gasteiger partial charge in [0, 0.05) is 16.8 Å².